The maximum Gasteiger partial charge on any atom is 0.331 e. The molecule has 0 bridgehead atoms. The zero-order chi connectivity index (χ0) is 23.6. The fourth-order valence-corrected chi connectivity index (χ4v) is 3.95. The third kappa shape index (κ3) is 11.4. The minimum Gasteiger partial charge on any atom is -0.502 e. The number of hydrogen-bond donors (Lipinski definition) is 2. The number of aromatic hydroxyl groups is 1. The Morgan fingerprint density at radius 3 is 1.56 bits per heavy atom. The van der Waals surface area contributed by atoms with Crippen LogP contribution in [0.4, 0.5) is 0 Å². The fraction of sp³-hybridized carbons (Fsp3) is 0.667. The topological polar surface area (TPSA) is 76.0 Å². The molecule has 0 aliphatic rings. The lowest BCUT2D eigenvalue weighted by molar-refractivity contribution is -0.132. The molecule has 1 rings (SSSR count). The summed E-state index contributed by atoms with van der Waals surface area (Å²) in [5, 5.41) is 19.6. The molecule has 0 aromatic heterocycles. The zero-order valence-corrected chi connectivity index (χ0v) is 20.5. The minimum absolute atomic E-state index is 0.0870. The van der Waals surface area contributed by atoms with Crippen LogP contribution >= 0.6 is 0 Å². The summed E-state index contributed by atoms with van der Waals surface area (Å²) in [5.74, 6) is -0.477. The normalized spacial score (nSPS) is 11.5. The number of methoxy groups -OCH3 is 2. The summed E-state index contributed by atoms with van der Waals surface area (Å²) < 4.78 is 10.3. The van der Waals surface area contributed by atoms with Crippen molar-refractivity contribution in [1.29, 1.82) is 0 Å². The lowest BCUT2D eigenvalue weighted by Crippen LogP contribution is -2.01. The first-order valence-corrected chi connectivity index (χ1v) is 12.4. The van der Waals surface area contributed by atoms with E-state index in [0.29, 0.717) is 17.6 Å². The van der Waals surface area contributed by atoms with Crippen molar-refractivity contribution in [3.05, 3.63) is 23.3 Å². The number of ether oxygens (including phenoxy) is 2. The second kappa shape index (κ2) is 17.4. The molecule has 0 aliphatic heterocycles. The Hall–Kier alpha value is -2.17. The van der Waals surface area contributed by atoms with E-state index in [9.17, 15) is 15.0 Å². The van der Waals surface area contributed by atoms with Gasteiger partial charge >= 0.3 is 5.97 Å². The van der Waals surface area contributed by atoms with Crippen molar-refractivity contribution < 1.29 is 24.5 Å². The predicted molar refractivity (Wildman–Crippen MR) is 132 cm³/mol. The lowest BCUT2D eigenvalue weighted by atomic mass is 10.0. The van der Waals surface area contributed by atoms with Crippen LogP contribution in [-0.4, -0.2) is 30.4 Å². The summed E-state index contributed by atoms with van der Waals surface area (Å²) in [5.41, 5.74) is 0.998. The standard InChI is InChI=1S/C27H44O5/c1-4-5-6-7-8-9-10-11-12-13-14-15-16-17-18-23(27(29)30)19-22-20-24(31-2)26(28)25(21-22)32-3/h19-21,28H,4-18H2,1-3H3,(H,29,30). The van der Waals surface area contributed by atoms with E-state index in [-0.39, 0.29) is 17.2 Å². The third-order valence-electron chi connectivity index (χ3n) is 5.92. The first kappa shape index (κ1) is 27.9. The molecule has 5 nitrogen and oxygen atoms in total. The summed E-state index contributed by atoms with van der Waals surface area (Å²) >= 11 is 0. The van der Waals surface area contributed by atoms with Crippen molar-refractivity contribution in [2.75, 3.05) is 14.2 Å². The van der Waals surface area contributed by atoms with Crippen molar-refractivity contribution in [2.24, 2.45) is 0 Å². The van der Waals surface area contributed by atoms with Gasteiger partial charge in [0.25, 0.3) is 0 Å². The van der Waals surface area contributed by atoms with E-state index in [2.05, 4.69) is 6.92 Å². The molecule has 1 aromatic carbocycles. The Kier molecular flexibility index (Phi) is 15.1. The summed E-state index contributed by atoms with van der Waals surface area (Å²) in [6, 6.07) is 3.23. The molecule has 0 saturated carbocycles. The van der Waals surface area contributed by atoms with Crippen LogP contribution in [0.15, 0.2) is 17.7 Å². The number of carboxylic acids is 1. The molecule has 0 atom stereocenters. The molecular formula is C27H44O5. The number of rotatable bonds is 19. The molecular weight excluding hydrogens is 404 g/mol. The number of unbranched alkanes of at least 4 members (excludes halogenated alkanes) is 13. The molecule has 0 unspecified atom stereocenters. The Morgan fingerprint density at radius 1 is 0.781 bits per heavy atom. The smallest absolute Gasteiger partial charge is 0.331 e. The number of hydrogen-bond acceptors (Lipinski definition) is 4. The number of phenols is 1. The van der Waals surface area contributed by atoms with Crippen LogP contribution in [0.1, 0.15) is 109 Å². The van der Waals surface area contributed by atoms with Crippen LogP contribution in [0.5, 0.6) is 17.2 Å². The SMILES string of the molecule is CCCCCCCCCCCCCCCCC(=Cc1cc(OC)c(O)c(OC)c1)C(=O)O. The molecule has 0 radical (unpaired) electrons. The maximum absolute atomic E-state index is 11.7. The van der Waals surface area contributed by atoms with Crippen molar-refractivity contribution in [3.8, 4) is 17.2 Å². The van der Waals surface area contributed by atoms with E-state index in [1.165, 1.54) is 84.8 Å². The Morgan fingerprint density at radius 2 is 1.19 bits per heavy atom. The van der Waals surface area contributed by atoms with E-state index in [1.54, 1.807) is 18.2 Å². The van der Waals surface area contributed by atoms with Crippen molar-refractivity contribution >= 4 is 12.0 Å². The van der Waals surface area contributed by atoms with Gasteiger partial charge in [-0.3, -0.25) is 0 Å². The van der Waals surface area contributed by atoms with Gasteiger partial charge in [-0.1, -0.05) is 90.4 Å². The summed E-state index contributed by atoms with van der Waals surface area (Å²) in [6.45, 7) is 2.26. The maximum atomic E-state index is 11.7. The molecule has 0 fully saturated rings. The number of carboxylic acid groups (broad SMARTS) is 1. The Balaban J connectivity index is 2.27. The molecule has 0 heterocycles. The van der Waals surface area contributed by atoms with Crippen LogP contribution in [0, 0.1) is 0 Å². The van der Waals surface area contributed by atoms with Gasteiger partial charge in [0.15, 0.2) is 11.5 Å². The third-order valence-corrected chi connectivity index (χ3v) is 5.92. The highest BCUT2D eigenvalue weighted by Crippen LogP contribution is 2.37. The highest BCUT2D eigenvalue weighted by atomic mass is 16.5. The van der Waals surface area contributed by atoms with Crippen molar-refractivity contribution in [1.82, 2.24) is 0 Å². The number of phenolic OH excluding ortho intramolecular Hbond substituents is 1. The van der Waals surface area contributed by atoms with Crippen LogP contribution < -0.4 is 9.47 Å². The monoisotopic (exact) mass is 448 g/mol. The highest BCUT2D eigenvalue weighted by molar-refractivity contribution is 5.92. The van der Waals surface area contributed by atoms with Crippen molar-refractivity contribution in [3.63, 3.8) is 0 Å². The fourth-order valence-electron chi connectivity index (χ4n) is 3.95. The second-order valence-electron chi connectivity index (χ2n) is 8.59. The van der Waals surface area contributed by atoms with Gasteiger partial charge in [-0.25, -0.2) is 4.79 Å². The first-order chi connectivity index (χ1) is 15.5. The average Bonchev–Trinajstić information content (AvgIpc) is 2.79. The molecule has 2 N–H and O–H groups in total. The Labute approximate surface area is 194 Å². The largest absolute Gasteiger partial charge is 0.502 e. The van der Waals surface area contributed by atoms with E-state index in [4.69, 9.17) is 9.47 Å². The zero-order valence-electron chi connectivity index (χ0n) is 20.5. The number of aliphatic carboxylic acids is 1. The van der Waals surface area contributed by atoms with E-state index in [1.807, 2.05) is 0 Å². The second-order valence-corrected chi connectivity index (χ2v) is 8.59. The van der Waals surface area contributed by atoms with Gasteiger partial charge in [-0.15, -0.1) is 0 Å². The Bertz CT molecular complexity index is 656. The number of carbonyl (C=O) groups is 1. The van der Waals surface area contributed by atoms with E-state index in [0.717, 1.165) is 19.3 Å². The van der Waals surface area contributed by atoms with Gasteiger partial charge in [-0.05, 0) is 36.6 Å². The highest BCUT2D eigenvalue weighted by Gasteiger charge is 2.13. The van der Waals surface area contributed by atoms with Gasteiger partial charge < -0.3 is 19.7 Å². The van der Waals surface area contributed by atoms with E-state index >= 15 is 0 Å². The van der Waals surface area contributed by atoms with Crippen LogP contribution in [-0.2, 0) is 4.79 Å². The molecule has 1 aromatic rings. The quantitative estimate of drug-likeness (QED) is 0.167. The first-order valence-electron chi connectivity index (χ1n) is 12.4. The summed E-state index contributed by atoms with van der Waals surface area (Å²) in [6.07, 6.45) is 20.0. The lowest BCUT2D eigenvalue weighted by Gasteiger charge is -2.10. The molecule has 182 valence electrons. The van der Waals surface area contributed by atoms with Crippen LogP contribution in [0.2, 0.25) is 0 Å². The minimum atomic E-state index is -0.911. The van der Waals surface area contributed by atoms with Gasteiger partial charge in [0, 0.05) is 5.57 Å². The molecule has 0 spiro atoms. The van der Waals surface area contributed by atoms with Crippen LogP contribution in [0.3, 0.4) is 0 Å². The summed E-state index contributed by atoms with van der Waals surface area (Å²) in [7, 11) is 2.91. The molecule has 32 heavy (non-hydrogen) atoms. The summed E-state index contributed by atoms with van der Waals surface area (Å²) in [4.78, 5) is 11.7. The molecule has 0 amide bonds. The average molecular weight is 449 g/mol. The molecule has 0 aliphatic carbocycles. The van der Waals surface area contributed by atoms with Gasteiger partial charge in [0.2, 0.25) is 5.75 Å². The van der Waals surface area contributed by atoms with E-state index < -0.39 is 5.97 Å². The van der Waals surface area contributed by atoms with Gasteiger partial charge in [0.05, 0.1) is 14.2 Å². The molecule has 0 saturated heterocycles. The van der Waals surface area contributed by atoms with Gasteiger partial charge in [0.1, 0.15) is 0 Å². The van der Waals surface area contributed by atoms with Crippen LogP contribution in [0.25, 0.3) is 6.08 Å². The van der Waals surface area contributed by atoms with Gasteiger partial charge in [-0.2, -0.15) is 0 Å². The number of benzene rings is 1. The molecule has 5 heteroatoms. The predicted octanol–water partition coefficient (Wildman–Crippen LogP) is 7.75. The van der Waals surface area contributed by atoms with Crippen molar-refractivity contribution in [2.45, 2.75) is 103 Å².